The number of hydrogen-bond donors (Lipinski definition) is 1. The minimum absolute atomic E-state index is 0. The van der Waals surface area contributed by atoms with Gasteiger partial charge in [-0.3, -0.25) is 4.79 Å². The average Bonchev–Trinajstić information content (AvgIpc) is 3.24. The molecule has 1 N–H and O–H groups in total. The van der Waals surface area contributed by atoms with Crippen LogP contribution in [0.5, 0.6) is 0 Å². The number of nitrogens with zero attached hydrogens (tertiary/aromatic N) is 3. The minimum Gasteiger partial charge on any atom is -0.381 e. The Hall–Kier alpha value is -1.54. The molecular formula is C32H50Cl2N4O3. The Labute approximate surface area is 258 Å². The first-order chi connectivity index (χ1) is 19.5. The van der Waals surface area contributed by atoms with Crippen LogP contribution in [0.1, 0.15) is 90.0 Å². The van der Waals surface area contributed by atoms with E-state index in [0.717, 1.165) is 83.2 Å². The molecule has 0 aromatic heterocycles. The maximum atomic E-state index is 14.3. The molecular weight excluding hydrogens is 559 g/mol. The van der Waals surface area contributed by atoms with E-state index in [-0.39, 0.29) is 48.5 Å². The van der Waals surface area contributed by atoms with Crippen LogP contribution in [0.4, 0.5) is 4.79 Å². The molecule has 2 bridgehead atoms. The number of nitrogens with one attached hydrogen (secondary N) is 1. The molecule has 5 rings (SSSR count). The molecule has 3 saturated heterocycles. The molecule has 0 spiro atoms. The van der Waals surface area contributed by atoms with Crippen LogP contribution in [0.15, 0.2) is 24.3 Å². The molecule has 3 atom stereocenters. The summed E-state index contributed by atoms with van der Waals surface area (Å²) < 4.78 is 5.58. The van der Waals surface area contributed by atoms with Crippen LogP contribution in [0, 0.1) is 0 Å². The first kappa shape index (κ1) is 32.4. The summed E-state index contributed by atoms with van der Waals surface area (Å²) >= 11 is 6.15. The molecule has 9 heteroatoms. The van der Waals surface area contributed by atoms with Gasteiger partial charge < -0.3 is 24.8 Å². The fourth-order valence-electron chi connectivity index (χ4n) is 7.76. The van der Waals surface area contributed by atoms with Gasteiger partial charge in [-0.15, -0.1) is 12.4 Å². The fraction of sp³-hybridized carbons (Fsp3) is 0.750. The molecule has 4 aliphatic rings. The average molecular weight is 610 g/mol. The molecule has 3 amide bonds. The van der Waals surface area contributed by atoms with Crippen LogP contribution < -0.4 is 5.32 Å². The summed E-state index contributed by atoms with van der Waals surface area (Å²) in [7, 11) is 0. The van der Waals surface area contributed by atoms with E-state index in [1.807, 2.05) is 29.2 Å². The minimum atomic E-state index is -0.268. The highest BCUT2D eigenvalue weighted by Crippen LogP contribution is 2.40. The lowest BCUT2D eigenvalue weighted by molar-refractivity contribution is -0.139. The Morgan fingerprint density at radius 1 is 0.927 bits per heavy atom. The zero-order chi connectivity index (χ0) is 28.1. The number of halogens is 2. The quantitative estimate of drug-likeness (QED) is 0.370. The summed E-state index contributed by atoms with van der Waals surface area (Å²) in [5, 5.41) is 4.46. The molecule has 1 aliphatic carbocycles. The van der Waals surface area contributed by atoms with Gasteiger partial charge in [0.05, 0.1) is 6.04 Å². The Bertz CT molecular complexity index is 966. The van der Waals surface area contributed by atoms with Crippen LogP contribution in [0.3, 0.4) is 0 Å². The van der Waals surface area contributed by atoms with Crippen molar-refractivity contribution in [2.24, 2.45) is 0 Å². The first-order valence-corrected chi connectivity index (χ1v) is 16.3. The number of carbonyl (C=O) groups is 2. The third-order valence-electron chi connectivity index (χ3n) is 9.89. The standard InChI is InChI=1S/C32H49ClN4O3.ClH/c1-3-35(4-2)32(39)37(26-8-6-5-7-9-26)29-21-27-14-15-28(22-29)36(27)31(38)30(34-25-16-18-40-19-17-25)20-23-10-12-24(33)13-11-23;/h10-13,25-30,34H,3-9,14-22H2,1-2H3;1H/t27?,28?,29?,30-;/m1./s1. The van der Waals surface area contributed by atoms with Gasteiger partial charge in [-0.1, -0.05) is 43.0 Å². The summed E-state index contributed by atoms with van der Waals surface area (Å²) in [4.78, 5) is 34.7. The number of fused-ring (bicyclic) bond motifs is 2. The largest absolute Gasteiger partial charge is 0.381 e. The van der Waals surface area contributed by atoms with Crippen molar-refractivity contribution < 1.29 is 14.3 Å². The molecule has 3 heterocycles. The fourth-order valence-corrected chi connectivity index (χ4v) is 7.89. The number of amides is 3. The van der Waals surface area contributed by atoms with Gasteiger partial charge in [0.15, 0.2) is 0 Å². The smallest absolute Gasteiger partial charge is 0.320 e. The van der Waals surface area contributed by atoms with E-state index < -0.39 is 0 Å². The van der Waals surface area contributed by atoms with E-state index in [4.69, 9.17) is 16.3 Å². The first-order valence-electron chi connectivity index (χ1n) is 16.0. The Morgan fingerprint density at radius 2 is 1.54 bits per heavy atom. The van der Waals surface area contributed by atoms with Crippen LogP contribution in [-0.4, -0.2) is 89.2 Å². The Morgan fingerprint density at radius 3 is 2.12 bits per heavy atom. The van der Waals surface area contributed by atoms with Crippen molar-refractivity contribution in [2.75, 3.05) is 26.3 Å². The van der Waals surface area contributed by atoms with Crippen LogP contribution in [-0.2, 0) is 16.0 Å². The summed E-state index contributed by atoms with van der Waals surface area (Å²) in [5.74, 6) is 0.228. The molecule has 230 valence electrons. The zero-order valence-electron chi connectivity index (χ0n) is 24.9. The number of hydrogen-bond acceptors (Lipinski definition) is 4. The second-order valence-electron chi connectivity index (χ2n) is 12.3. The van der Waals surface area contributed by atoms with Crippen LogP contribution in [0.25, 0.3) is 0 Å². The molecule has 2 unspecified atom stereocenters. The van der Waals surface area contributed by atoms with Crippen LogP contribution in [0.2, 0.25) is 5.02 Å². The van der Waals surface area contributed by atoms with Crippen molar-refractivity contribution in [1.29, 1.82) is 0 Å². The highest BCUT2D eigenvalue weighted by molar-refractivity contribution is 6.30. The van der Waals surface area contributed by atoms with Gasteiger partial charge in [-0.25, -0.2) is 4.79 Å². The van der Waals surface area contributed by atoms with Gasteiger partial charge in [0.2, 0.25) is 5.91 Å². The lowest BCUT2D eigenvalue weighted by Gasteiger charge is -2.48. The Kier molecular flexibility index (Phi) is 12.1. The molecule has 1 saturated carbocycles. The van der Waals surface area contributed by atoms with Crippen molar-refractivity contribution in [2.45, 2.75) is 127 Å². The van der Waals surface area contributed by atoms with Gasteiger partial charge >= 0.3 is 6.03 Å². The third-order valence-corrected chi connectivity index (χ3v) is 10.1. The van der Waals surface area contributed by atoms with Crippen molar-refractivity contribution in [3.8, 4) is 0 Å². The van der Waals surface area contributed by atoms with Gasteiger partial charge in [-0.05, 0) is 89.3 Å². The van der Waals surface area contributed by atoms with Crippen molar-refractivity contribution in [3.05, 3.63) is 34.9 Å². The van der Waals surface area contributed by atoms with E-state index >= 15 is 0 Å². The third kappa shape index (κ3) is 7.70. The topological polar surface area (TPSA) is 65.1 Å². The molecule has 7 nitrogen and oxygen atoms in total. The van der Waals surface area contributed by atoms with Crippen molar-refractivity contribution >= 4 is 35.9 Å². The van der Waals surface area contributed by atoms with Crippen LogP contribution >= 0.6 is 24.0 Å². The predicted octanol–water partition coefficient (Wildman–Crippen LogP) is 6.06. The monoisotopic (exact) mass is 608 g/mol. The van der Waals surface area contributed by atoms with E-state index in [1.165, 1.54) is 19.3 Å². The highest BCUT2D eigenvalue weighted by Gasteiger charge is 2.48. The van der Waals surface area contributed by atoms with Gasteiger partial charge in [0.1, 0.15) is 0 Å². The SMILES string of the molecule is CCN(CC)C(=O)N(C1CCCCC1)C1CC2CCC(C1)N2C(=O)[C@@H](Cc1ccc(Cl)cc1)NC1CCOCC1.Cl. The van der Waals surface area contributed by atoms with Gasteiger partial charge in [-0.2, -0.15) is 0 Å². The maximum Gasteiger partial charge on any atom is 0.320 e. The summed E-state index contributed by atoms with van der Waals surface area (Å²) in [6.45, 7) is 7.14. The highest BCUT2D eigenvalue weighted by atomic mass is 35.5. The molecule has 0 radical (unpaired) electrons. The number of benzene rings is 1. The van der Waals surface area contributed by atoms with Gasteiger partial charge in [0, 0.05) is 61.5 Å². The second-order valence-corrected chi connectivity index (χ2v) is 12.8. The number of piperidine rings is 1. The number of carbonyl (C=O) groups excluding carboxylic acids is 2. The summed E-state index contributed by atoms with van der Waals surface area (Å²) in [6, 6.07) is 9.09. The van der Waals surface area contributed by atoms with Crippen molar-refractivity contribution in [1.82, 2.24) is 20.0 Å². The molecule has 4 fully saturated rings. The number of rotatable bonds is 9. The number of ether oxygens (including phenoxy) is 1. The number of urea groups is 1. The van der Waals surface area contributed by atoms with E-state index in [9.17, 15) is 9.59 Å². The predicted molar refractivity (Wildman–Crippen MR) is 167 cm³/mol. The Balaban J connectivity index is 0.00000387. The second kappa shape index (κ2) is 15.3. The van der Waals surface area contributed by atoms with E-state index in [2.05, 4.69) is 29.0 Å². The molecule has 41 heavy (non-hydrogen) atoms. The normalized spacial score (nSPS) is 25.8. The van der Waals surface area contributed by atoms with Crippen molar-refractivity contribution in [3.63, 3.8) is 0 Å². The van der Waals surface area contributed by atoms with E-state index in [1.54, 1.807) is 0 Å². The zero-order valence-corrected chi connectivity index (χ0v) is 26.5. The van der Waals surface area contributed by atoms with E-state index in [0.29, 0.717) is 23.5 Å². The molecule has 3 aliphatic heterocycles. The van der Waals surface area contributed by atoms with Gasteiger partial charge in [0.25, 0.3) is 0 Å². The molecule has 1 aromatic rings. The lowest BCUT2D eigenvalue weighted by atomic mass is 9.89. The molecule has 1 aromatic carbocycles. The lowest BCUT2D eigenvalue weighted by Crippen LogP contribution is -2.61. The maximum absolute atomic E-state index is 14.3. The summed E-state index contributed by atoms with van der Waals surface area (Å²) in [6.07, 6.45) is 12.3. The summed E-state index contributed by atoms with van der Waals surface area (Å²) in [5.41, 5.74) is 1.12.